The van der Waals surface area contributed by atoms with Gasteiger partial charge in [-0.2, -0.15) is 26.3 Å². The van der Waals surface area contributed by atoms with Crippen molar-refractivity contribution in [1.82, 2.24) is 0 Å². The predicted octanol–water partition coefficient (Wildman–Crippen LogP) is -2.13. The van der Waals surface area contributed by atoms with Crippen LogP contribution in [0.4, 0.5) is 47.8 Å². The summed E-state index contributed by atoms with van der Waals surface area (Å²) < 4.78 is 86.9. The fourth-order valence-electron chi connectivity index (χ4n) is 2.56. The van der Waals surface area contributed by atoms with Crippen LogP contribution in [0.5, 0.6) is 0 Å². The Labute approximate surface area is 356 Å². The number of hydrogen-bond donors (Lipinski definition) is 6. The third-order valence-electron chi connectivity index (χ3n) is 4.72. The topological polar surface area (TPSA) is 211 Å². The monoisotopic (exact) mass is 752 g/mol. The van der Waals surface area contributed by atoms with E-state index in [0.717, 1.165) is 24.3 Å². The van der Waals surface area contributed by atoms with Crippen LogP contribution in [0.2, 0.25) is 0 Å². The van der Waals surface area contributed by atoms with E-state index in [-0.39, 0.29) is 124 Å². The van der Waals surface area contributed by atoms with Crippen molar-refractivity contribution < 1.29 is 180 Å². The Morgan fingerprint density at radius 3 is 1.58 bits per heavy atom. The number of carboxylic acid groups (broad SMARTS) is 2. The number of carbonyl (C=O) groups excluding carboxylic acids is 1. The minimum absolute atomic E-state index is 0. The van der Waals surface area contributed by atoms with Gasteiger partial charge in [-0.1, -0.05) is 19.6 Å². The molecule has 2 rings (SSSR count). The molecule has 13 nitrogen and oxygen atoms in total. The Balaban J connectivity index is -0.000000138. The van der Waals surface area contributed by atoms with Gasteiger partial charge in [-0.05, 0) is 38.1 Å². The summed E-state index contributed by atoms with van der Waals surface area (Å²) in [6, 6.07) is 2.08. The Bertz CT molecular complexity index is 1380. The van der Waals surface area contributed by atoms with E-state index in [2.05, 4.69) is 19.9 Å². The minimum Gasteiger partial charge on any atom is -1.00 e. The van der Waals surface area contributed by atoms with E-state index in [0.29, 0.717) is 12.1 Å². The fraction of sp³-hybridized carbons (Fsp3) is 0.346. The molecule has 258 valence electrons. The van der Waals surface area contributed by atoms with Gasteiger partial charge in [0.2, 0.25) is 0 Å². The number of aliphatic carboxylic acids is 2. The molecule has 0 spiro atoms. The number of alkyl halides is 6. The predicted molar refractivity (Wildman–Crippen MR) is 144 cm³/mol. The third-order valence-corrected chi connectivity index (χ3v) is 4.72. The van der Waals surface area contributed by atoms with Crippen molar-refractivity contribution in [2.24, 2.45) is 5.73 Å². The number of aliphatic hydroxyl groups is 2. The molecule has 0 aliphatic carbocycles. The summed E-state index contributed by atoms with van der Waals surface area (Å²) >= 11 is 0. The van der Waals surface area contributed by atoms with E-state index in [1.165, 1.54) is 13.8 Å². The minimum atomic E-state index is -4.72. The summed E-state index contributed by atoms with van der Waals surface area (Å²) in [4.78, 5) is 37.4. The number of carbonyl (C=O) groups is 3. The molecule has 0 saturated carbocycles. The number of carboxylic acids is 2. The number of nitrogens with two attached hydrogens (primary N) is 1. The van der Waals surface area contributed by atoms with Gasteiger partial charge in [0, 0.05) is 5.69 Å². The van der Waals surface area contributed by atoms with Gasteiger partial charge < -0.3 is 43.0 Å². The van der Waals surface area contributed by atoms with Crippen molar-refractivity contribution in [2.75, 3.05) is 5.32 Å². The first-order chi connectivity index (χ1) is 20.6. The van der Waals surface area contributed by atoms with Crippen LogP contribution < -0.4 is 119 Å². The second-order valence-electron chi connectivity index (χ2n) is 8.11. The van der Waals surface area contributed by atoms with Crippen LogP contribution in [0.15, 0.2) is 36.4 Å². The van der Waals surface area contributed by atoms with Crippen molar-refractivity contribution in [3.05, 3.63) is 76.2 Å². The molecule has 0 saturated heterocycles. The number of halogens is 7. The van der Waals surface area contributed by atoms with Crippen LogP contribution in [0.25, 0.3) is 9.69 Å². The maximum atomic E-state index is 12.7. The van der Waals surface area contributed by atoms with E-state index in [1.807, 2.05) is 0 Å². The van der Waals surface area contributed by atoms with Crippen LogP contribution in [-0.4, -0.2) is 63.1 Å². The maximum Gasteiger partial charge on any atom is 1.00 e. The van der Waals surface area contributed by atoms with Crippen LogP contribution in [0, 0.1) is 19.0 Å². The molecule has 0 aliphatic heterocycles. The number of anilines is 1. The van der Waals surface area contributed by atoms with Crippen molar-refractivity contribution in [3.8, 4) is 0 Å². The molecule has 0 aliphatic rings. The zero-order valence-electron chi connectivity index (χ0n) is 25.8. The van der Waals surface area contributed by atoms with E-state index >= 15 is 0 Å². The van der Waals surface area contributed by atoms with E-state index < -0.39 is 76.9 Å². The normalized spacial score (nSPS) is 12.2. The largest absolute Gasteiger partial charge is 1.00 e. The molecule has 7 N–H and O–H groups in total. The first-order valence-electron chi connectivity index (χ1n) is 11.5. The Hall–Kier alpha value is -1.75. The van der Waals surface area contributed by atoms with Gasteiger partial charge in [-0.3, -0.25) is 9.59 Å². The van der Waals surface area contributed by atoms with Crippen LogP contribution in [0.1, 0.15) is 33.8 Å². The first kappa shape index (κ1) is 55.7. The van der Waals surface area contributed by atoms with Crippen molar-refractivity contribution >= 4 is 35.5 Å². The number of nitrogens with zero attached hydrogens (tertiary/aromatic N) is 2. The second-order valence-corrected chi connectivity index (χ2v) is 8.11. The Kier molecular flexibility index (Phi) is 31.3. The van der Waals surface area contributed by atoms with Gasteiger partial charge in [0.05, 0.1) is 36.5 Å². The van der Waals surface area contributed by atoms with Gasteiger partial charge >= 0.3 is 127 Å². The SMILES string of the molecule is C.C[C@H](O)[C@@H](N)C(=O)O.O=CO[O-].[C-]#[N+]c1ccc(F)cc1C(F)(F)F.[C-]#[N+]c1ccc(N[C@@H](C(=O)O)[C@H](C)O)cc1C(F)(F)F.[H-].[K+].[K+]. The molecule has 0 bridgehead atoms. The summed E-state index contributed by atoms with van der Waals surface area (Å²) in [5.41, 5.74) is 1.21. The molecule has 2 aromatic rings. The molecular formula is C26H29F7K2N4O9. The number of hydrogen-bond acceptors (Lipinski definition) is 9. The molecule has 2 aromatic carbocycles. The second kappa shape index (κ2) is 27.0. The first-order valence-corrected chi connectivity index (χ1v) is 11.5. The molecule has 4 atom stereocenters. The molecule has 0 aromatic heterocycles. The molecule has 0 heterocycles. The summed E-state index contributed by atoms with van der Waals surface area (Å²) in [7, 11) is 0. The van der Waals surface area contributed by atoms with Crippen molar-refractivity contribution in [2.45, 2.75) is 57.9 Å². The van der Waals surface area contributed by atoms with Crippen molar-refractivity contribution in [3.63, 3.8) is 0 Å². The van der Waals surface area contributed by atoms with Gasteiger partial charge in [0.15, 0.2) is 17.4 Å². The summed E-state index contributed by atoms with van der Waals surface area (Å²) in [5.74, 6) is -3.58. The molecule has 0 fully saturated rings. The number of nitrogens with one attached hydrogen (secondary N) is 1. The Morgan fingerprint density at radius 2 is 1.31 bits per heavy atom. The number of rotatable bonds is 7. The zero-order valence-corrected chi connectivity index (χ0v) is 31.0. The van der Waals surface area contributed by atoms with Gasteiger partial charge in [0.25, 0.3) is 6.47 Å². The quantitative estimate of drug-likeness (QED) is 0.0449. The van der Waals surface area contributed by atoms with Crippen LogP contribution in [0.3, 0.4) is 0 Å². The van der Waals surface area contributed by atoms with E-state index in [1.54, 1.807) is 0 Å². The summed E-state index contributed by atoms with van der Waals surface area (Å²) in [5, 5.41) is 45.4. The molecule has 0 radical (unpaired) electrons. The average Bonchev–Trinajstić information content (AvgIpc) is 2.94. The smallest absolute Gasteiger partial charge is 1.00 e. The number of benzene rings is 2. The average molecular weight is 753 g/mol. The molecule has 0 amide bonds. The Morgan fingerprint density at radius 1 is 0.917 bits per heavy atom. The summed E-state index contributed by atoms with van der Waals surface area (Å²) in [6.45, 7) is 15.5. The van der Waals surface area contributed by atoms with Gasteiger partial charge in [-0.15, -0.1) is 0 Å². The molecular weight excluding hydrogens is 723 g/mol. The fourth-order valence-corrected chi connectivity index (χ4v) is 2.56. The van der Waals surface area contributed by atoms with E-state index in [9.17, 15) is 45.4 Å². The van der Waals surface area contributed by atoms with Crippen molar-refractivity contribution in [1.29, 1.82) is 0 Å². The van der Waals surface area contributed by atoms with Crippen LogP contribution in [-0.2, 0) is 31.6 Å². The zero-order chi connectivity index (χ0) is 35.7. The molecule has 0 unspecified atom stereocenters. The molecule has 22 heteroatoms. The standard InChI is InChI=1S/C12H11F3N2O3.C8H3F4N.C4H9NO3.CH2O3.CH4.2K.H/c1-6(18)10(11(19)20)17-7-3-4-9(16-2)8(5-7)12(13,14)15;1-13-7-3-2-5(9)4-6(7)8(10,11)12;1-2(6)3(5)4(7)8;2-1-4-3;;;;/h3-6,10,17-18H,1H3,(H,19,20);2-4H;2-3,6H,5H2,1H3,(H,7,8);1,3H;1H4;;;/q;;;;;2*+1;-1/p-1/t6-,10+;;2-,3+;;;;;/m0.0...../s1. The van der Waals surface area contributed by atoms with Gasteiger partial charge in [-0.25, -0.2) is 18.9 Å². The van der Waals surface area contributed by atoms with Crippen LogP contribution >= 0.6 is 0 Å². The van der Waals surface area contributed by atoms with E-state index in [4.69, 9.17) is 44.2 Å². The summed E-state index contributed by atoms with van der Waals surface area (Å²) in [6.07, 6.45) is -11.7. The third kappa shape index (κ3) is 22.1. The maximum absolute atomic E-state index is 12.7. The number of aliphatic hydroxyl groups excluding tert-OH is 2. The van der Waals surface area contributed by atoms with Gasteiger partial charge in [0.1, 0.15) is 11.9 Å². The molecule has 48 heavy (non-hydrogen) atoms.